The number of nitrogens with one attached hydrogen (secondary N) is 1. The van der Waals surface area contributed by atoms with Crippen LogP contribution in [-0.4, -0.2) is 17.5 Å². The van der Waals surface area contributed by atoms with Crippen molar-refractivity contribution in [1.82, 2.24) is 4.98 Å². The van der Waals surface area contributed by atoms with Crippen molar-refractivity contribution in [3.8, 4) is 5.75 Å². The van der Waals surface area contributed by atoms with Crippen molar-refractivity contribution >= 4 is 22.4 Å². The largest absolute Gasteiger partial charge is 0.494 e. The van der Waals surface area contributed by atoms with Gasteiger partial charge < -0.3 is 10.1 Å². The molecule has 20 heavy (non-hydrogen) atoms. The highest BCUT2D eigenvalue weighted by Crippen LogP contribution is 2.17. The number of halogens is 1. The molecule has 0 aliphatic carbocycles. The van der Waals surface area contributed by atoms with E-state index in [1.165, 1.54) is 23.5 Å². The van der Waals surface area contributed by atoms with Gasteiger partial charge in [-0.1, -0.05) is 0 Å². The number of aromatic nitrogens is 1. The van der Waals surface area contributed by atoms with Gasteiger partial charge in [0.25, 0.3) is 0 Å². The lowest BCUT2D eigenvalue weighted by Crippen LogP contribution is -2.12. The van der Waals surface area contributed by atoms with Crippen LogP contribution < -0.4 is 10.1 Å². The molecule has 1 aromatic carbocycles. The Morgan fingerprint density at radius 2 is 2.15 bits per heavy atom. The normalized spacial score (nSPS) is 10.3. The van der Waals surface area contributed by atoms with E-state index in [1.54, 1.807) is 18.3 Å². The molecule has 0 atom stereocenters. The number of amides is 1. The molecule has 0 bridgehead atoms. The molecule has 2 aromatic rings. The fourth-order valence-electron chi connectivity index (χ4n) is 1.55. The number of carbonyl (C=O) groups is 1. The highest BCUT2D eigenvalue weighted by atomic mass is 32.1. The van der Waals surface area contributed by atoms with E-state index in [1.807, 2.05) is 6.92 Å². The Bertz CT molecular complexity index is 569. The maximum Gasteiger partial charge on any atom is 0.226 e. The standard InChI is InChI=1S/C14H15FN2O2S/c1-10-9-16-14(20-10)17-13(18)3-2-8-19-12-6-4-11(15)5-7-12/h4-7,9H,2-3,8H2,1H3,(H,16,17,18). The number of thiazole rings is 1. The van der Waals surface area contributed by atoms with E-state index in [0.717, 1.165) is 4.88 Å². The van der Waals surface area contributed by atoms with E-state index >= 15 is 0 Å². The average Bonchev–Trinajstić information content (AvgIpc) is 2.82. The fraction of sp³-hybridized carbons (Fsp3) is 0.286. The van der Waals surface area contributed by atoms with E-state index in [9.17, 15) is 9.18 Å². The molecule has 0 aliphatic rings. The summed E-state index contributed by atoms with van der Waals surface area (Å²) in [4.78, 5) is 16.7. The van der Waals surface area contributed by atoms with E-state index in [-0.39, 0.29) is 11.7 Å². The zero-order valence-corrected chi connectivity index (χ0v) is 11.9. The van der Waals surface area contributed by atoms with Gasteiger partial charge >= 0.3 is 0 Å². The number of benzene rings is 1. The second-order valence-electron chi connectivity index (χ2n) is 4.23. The topological polar surface area (TPSA) is 51.2 Å². The summed E-state index contributed by atoms with van der Waals surface area (Å²) in [6, 6.07) is 5.81. The Labute approximate surface area is 120 Å². The van der Waals surface area contributed by atoms with Crippen molar-refractivity contribution < 1.29 is 13.9 Å². The maximum absolute atomic E-state index is 12.7. The molecule has 1 aromatic heterocycles. The van der Waals surface area contributed by atoms with Gasteiger partial charge in [-0.3, -0.25) is 4.79 Å². The smallest absolute Gasteiger partial charge is 0.226 e. The predicted molar refractivity (Wildman–Crippen MR) is 76.6 cm³/mol. The Kier molecular flexibility index (Phi) is 5.06. The second-order valence-corrected chi connectivity index (χ2v) is 5.46. The minimum atomic E-state index is -0.296. The van der Waals surface area contributed by atoms with Gasteiger partial charge in [0.1, 0.15) is 11.6 Å². The van der Waals surface area contributed by atoms with E-state index < -0.39 is 0 Å². The Hall–Kier alpha value is -1.95. The van der Waals surface area contributed by atoms with Crippen LogP contribution in [0.2, 0.25) is 0 Å². The van der Waals surface area contributed by atoms with Gasteiger partial charge in [-0.05, 0) is 37.6 Å². The van der Waals surface area contributed by atoms with E-state index in [0.29, 0.717) is 30.3 Å². The molecule has 0 radical (unpaired) electrons. The van der Waals surface area contributed by atoms with Gasteiger partial charge in [-0.15, -0.1) is 11.3 Å². The van der Waals surface area contributed by atoms with Crippen LogP contribution in [0.4, 0.5) is 9.52 Å². The summed E-state index contributed by atoms with van der Waals surface area (Å²) in [5.74, 6) is 0.222. The second kappa shape index (κ2) is 7.00. The third-order valence-corrected chi connectivity index (χ3v) is 3.33. The number of carbonyl (C=O) groups excluding carboxylic acids is 1. The van der Waals surface area contributed by atoms with E-state index in [4.69, 9.17) is 4.74 Å². The summed E-state index contributed by atoms with van der Waals surface area (Å²) < 4.78 is 18.1. The zero-order chi connectivity index (χ0) is 14.4. The Morgan fingerprint density at radius 3 is 2.80 bits per heavy atom. The van der Waals surface area contributed by atoms with Crippen molar-refractivity contribution in [1.29, 1.82) is 0 Å². The summed E-state index contributed by atoms with van der Waals surface area (Å²) in [6.45, 7) is 2.35. The first-order valence-electron chi connectivity index (χ1n) is 6.24. The lowest BCUT2D eigenvalue weighted by atomic mass is 10.3. The first-order chi connectivity index (χ1) is 9.63. The van der Waals surface area contributed by atoms with Gasteiger partial charge in [0, 0.05) is 17.5 Å². The Balaban J connectivity index is 1.65. The number of hydrogen-bond acceptors (Lipinski definition) is 4. The molecule has 0 spiro atoms. The molecular weight excluding hydrogens is 279 g/mol. The SMILES string of the molecule is Cc1cnc(NC(=O)CCCOc2ccc(F)cc2)s1. The van der Waals surface area contributed by atoms with Crippen molar-refractivity contribution in [3.63, 3.8) is 0 Å². The monoisotopic (exact) mass is 294 g/mol. The summed E-state index contributed by atoms with van der Waals surface area (Å²) in [5, 5.41) is 3.35. The van der Waals surface area contributed by atoms with Crippen LogP contribution in [0.3, 0.4) is 0 Å². The molecule has 1 amide bonds. The van der Waals surface area contributed by atoms with Gasteiger partial charge in [-0.2, -0.15) is 0 Å². The maximum atomic E-state index is 12.7. The summed E-state index contributed by atoms with van der Waals surface area (Å²) in [6.07, 6.45) is 2.67. The predicted octanol–water partition coefficient (Wildman–Crippen LogP) is 3.39. The molecule has 1 heterocycles. The lowest BCUT2D eigenvalue weighted by molar-refractivity contribution is -0.116. The molecule has 0 aliphatic heterocycles. The third-order valence-electron chi connectivity index (χ3n) is 2.50. The molecule has 0 fully saturated rings. The highest BCUT2D eigenvalue weighted by molar-refractivity contribution is 7.15. The zero-order valence-electron chi connectivity index (χ0n) is 11.1. The lowest BCUT2D eigenvalue weighted by Gasteiger charge is -2.05. The molecule has 0 saturated heterocycles. The van der Waals surface area contributed by atoms with Gasteiger partial charge in [0.05, 0.1) is 6.61 Å². The minimum Gasteiger partial charge on any atom is -0.494 e. The minimum absolute atomic E-state index is 0.0814. The van der Waals surface area contributed by atoms with Crippen LogP contribution in [0.15, 0.2) is 30.5 Å². The first-order valence-corrected chi connectivity index (χ1v) is 7.06. The molecule has 0 unspecified atom stereocenters. The fourth-order valence-corrected chi connectivity index (χ4v) is 2.23. The van der Waals surface area contributed by atoms with Gasteiger partial charge in [-0.25, -0.2) is 9.37 Å². The first kappa shape index (κ1) is 14.5. The average molecular weight is 294 g/mol. The molecule has 2 rings (SSSR count). The molecular formula is C14H15FN2O2S. The van der Waals surface area contributed by atoms with Crippen LogP contribution in [0.25, 0.3) is 0 Å². The molecule has 1 N–H and O–H groups in total. The van der Waals surface area contributed by atoms with Crippen LogP contribution in [-0.2, 0) is 4.79 Å². The summed E-state index contributed by atoms with van der Waals surface area (Å²) >= 11 is 1.44. The number of aryl methyl sites for hydroxylation is 1. The van der Waals surface area contributed by atoms with Gasteiger partial charge in [0.15, 0.2) is 5.13 Å². The number of anilines is 1. The summed E-state index contributed by atoms with van der Waals surface area (Å²) in [7, 11) is 0. The molecule has 106 valence electrons. The van der Waals surface area contributed by atoms with Crippen molar-refractivity contribution in [3.05, 3.63) is 41.2 Å². The molecule has 0 saturated carbocycles. The number of rotatable bonds is 6. The number of hydrogen-bond donors (Lipinski definition) is 1. The van der Waals surface area contributed by atoms with Crippen LogP contribution in [0.5, 0.6) is 5.75 Å². The van der Waals surface area contributed by atoms with Gasteiger partial charge in [0.2, 0.25) is 5.91 Å². The third kappa shape index (κ3) is 4.62. The van der Waals surface area contributed by atoms with Crippen LogP contribution >= 0.6 is 11.3 Å². The Morgan fingerprint density at radius 1 is 1.40 bits per heavy atom. The van der Waals surface area contributed by atoms with Crippen LogP contribution in [0.1, 0.15) is 17.7 Å². The van der Waals surface area contributed by atoms with Crippen molar-refractivity contribution in [2.24, 2.45) is 0 Å². The summed E-state index contributed by atoms with van der Waals surface area (Å²) in [5.41, 5.74) is 0. The van der Waals surface area contributed by atoms with Crippen molar-refractivity contribution in [2.45, 2.75) is 19.8 Å². The highest BCUT2D eigenvalue weighted by Gasteiger charge is 2.05. The quantitative estimate of drug-likeness (QED) is 0.831. The number of nitrogens with zero attached hydrogens (tertiary/aromatic N) is 1. The molecule has 4 nitrogen and oxygen atoms in total. The van der Waals surface area contributed by atoms with E-state index in [2.05, 4.69) is 10.3 Å². The van der Waals surface area contributed by atoms with Crippen molar-refractivity contribution in [2.75, 3.05) is 11.9 Å². The number of ether oxygens (including phenoxy) is 1. The molecule has 6 heteroatoms. The van der Waals surface area contributed by atoms with Crippen LogP contribution in [0, 0.1) is 12.7 Å².